The van der Waals surface area contributed by atoms with E-state index in [2.05, 4.69) is 13.8 Å². The first-order valence-corrected chi connectivity index (χ1v) is 9.80. The summed E-state index contributed by atoms with van der Waals surface area (Å²) in [5, 5.41) is 0. The molecule has 1 aromatic rings. The van der Waals surface area contributed by atoms with Crippen LogP contribution in [0.5, 0.6) is 0 Å². The zero-order valence-electron chi connectivity index (χ0n) is 14.3. The van der Waals surface area contributed by atoms with E-state index in [1.807, 2.05) is 30.3 Å². The second-order valence-corrected chi connectivity index (χ2v) is 7.77. The number of hydrogen-bond donors (Lipinski definition) is 0. The maximum Gasteiger partial charge on any atom is 0.698 e. The maximum atomic E-state index is 12.2. The Kier molecular flexibility index (Phi) is 6.37. The van der Waals surface area contributed by atoms with E-state index in [0.717, 1.165) is 18.4 Å². The van der Waals surface area contributed by atoms with E-state index in [1.165, 1.54) is 6.42 Å². The highest BCUT2D eigenvalue weighted by molar-refractivity contribution is 7.33. The van der Waals surface area contributed by atoms with Crippen LogP contribution in [-0.4, -0.2) is 25.4 Å². The first-order chi connectivity index (χ1) is 11.6. The Morgan fingerprint density at radius 2 is 1.75 bits per heavy atom. The fourth-order valence-electron chi connectivity index (χ4n) is 3.23. The predicted molar refractivity (Wildman–Crippen MR) is 90.6 cm³/mol. The van der Waals surface area contributed by atoms with Crippen molar-refractivity contribution in [2.75, 3.05) is 13.2 Å². The number of benzene rings is 1. The van der Waals surface area contributed by atoms with E-state index in [0.29, 0.717) is 25.0 Å². The summed E-state index contributed by atoms with van der Waals surface area (Å²) >= 11 is 0. The minimum atomic E-state index is -2.15. The molecular formula is C18H26O5P+. The Bertz CT molecular complexity index is 529. The van der Waals surface area contributed by atoms with Gasteiger partial charge in [-0.25, -0.2) is 0 Å². The van der Waals surface area contributed by atoms with Crippen molar-refractivity contribution >= 4 is 8.25 Å². The van der Waals surface area contributed by atoms with Crippen LogP contribution in [0, 0.1) is 11.8 Å². The summed E-state index contributed by atoms with van der Waals surface area (Å²) in [6, 6.07) is 9.76. The average Bonchev–Trinajstić information content (AvgIpc) is 2.59. The van der Waals surface area contributed by atoms with Gasteiger partial charge in [0.25, 0.3) is 0 Å². The molecule has 0 radical (unpaired) electrons. The Labute approximate surface area is 144 Å². The van der Waals surface area contributed by atoms with E-state index in [4.69, 9.17) is 18.5 Å². The highest BCUT2D eigenvalue weighted by atomic mass is 31.1. The molecule has 4 unspecified atom stereocenters. The van der Waals surface area contributed by atoms with Crippen LogP contribution in [0.3, 0.4) is 0 Å². The molecule has 0 spiro atoms. The second-order valence-electron chi connectivity index (χ2n) is 6.90. The summed E-state index contributed by atoms with van der Waals surface area (Å²) in [5.74, 6) is 1.03. The van der Waals surface area contributed by atoms with Gasteiger partial charge in [0.15, 0.2) is 12.4 Å². The Hall–Kier alpha value is -0.840. The topological polar surface area (TPSA) is 54.0 Å². The fraction of sp³-hybridized carbons (Fsp3) is 0.667. The largest absolute Gasteiger partial charge is 0.698 e. The third-order valence-corrected chi connectivity index (χ3v) is 5.69. The first kappa shape index (κ1) is 18.0. The number of ether oxygens (including phenoxy) is 2. The van der Waals surface area contributed by atoms with Crippen molar-refractivity contribution in [3.05, 3.63) is 35.9 Å². The average molecular weight is 353 g/mol. The van der Waals surface area contributed by atoms with Crippen molar-refractivity contribution in [2.24, 2.45) is 11.8 Å². The highest BCUT2D eigenvalue weighted by Crippen LogP contribution is 2.38. The third kappa shape index (κ3) is 4.84. The Morgan fingerprint density at radius 3 is 2.46 bits per heavy atom. The minimum absolute atomic E-state index is 0.0138. The summed E-state index contributed by atoms with van der Waals surface area (Å²) in [5.41, 5.74) is 0.974. The quantitative estimate of drug-likeness (QED) is 0.723. The molecule has 1 saturated heterocycles. The van der Waals surface area contributed by atoms with Gasteiger partial charge in [-0.15, -0.1) is 9.05 Å². The van der Waals surface area contributed by atoms with Crippen LogP contribution in [0.25, 0.3) is 0 Å². The predicted octanol–water partition coefficient (Wildman–Crippen LogP) is 4.62. The van der Waals surface area contributed by atoms with Crippen LogP contribution < -0.4 is 0 Å². The van der Waals surface area contributed by atoms with Crippen molar-refractivity contribution in [3.8, 4) is 0 Å². The molecule has 1 heterocycles. The molecule has 0 amide bonds. The van der Waals surface area contributed by atoms with Gasteiger partial charge in [0, 0.05) is 10.1 Å². The van der Waals surface area contributed by atoms with E-state index in [1.54, 1.807) is 0 Å². The van der Waals surface area contributed by atoms with E-state index < -0.39 is 8.25 Å². The Morgan fingerprint density at radius 1 is 1.04 bits per heavy atom. The van der Waals surface area contributed by atoms with Crippen LogP contribution in [0.15, 0.2) is 30.3 Å². The minimum Gasteiger partial charge on any atom is -0.345 e. The van der Waals surface area contributed by atoms with Crippen molar-refractivity contribution in [2.45, 2.75) is 51.6 Å². The number of rotatable bonds is 5. The van der Waals surface area contributed by atoms with E-state index in [-0.39, 0.29) is 18.5 Å². The molecule has 2 fully saturated rings. The molecular weight excluding hydrogens is 327 g/mol. The SMILES string of the molecule is CC1CCC(C)C(O[P+](=O)OC2COC(c3ccccc3)OC2)C1. The lowest BCUT2D eigenvalue weighted by Crippen LogP contribution is -2.33. The van der Waals surface area contributed by atoms with Gasteiger partial charge < -0.3 is 9.47 Å². The van der Waals surface area contributed by atoms with Gasteiger partial charge in [0.2, 0.25) is 0 Å². The van der Waals surface area contributed by atoms with Crippen molar-refractivity contribution in [1.82, 2.24) is 0 Å². The molecule has 0 N–H and O–H groups in total. The molecule has 0 aromatic heterocycles. The molecule has 1 aromatic carbocycles. The fourth-order valence-corrected chi connectivity index (χ4v) is 4.16. The molecule has 1 saturated carbocycles. The molecule has 0 bridgehead atoms. The Balaban J connectivity index is 1.43. The van der Waals surface area contributed by atoms with E-state index >= 15 is 0 Å². The lowest BCUT2D eigenvalue weighted by molar-refractivity contribution is -0.216. The third-order valence-electron chi connectivity index (χ3n) is 4.78. The van der Waals surface area contributed by atoms with Crippen molar-refractivity contribution < 1.29 is 23.1 Å². The van der Waals surface area contributed by atoms with E-state index in [9.17, 15) is 4.57 Å². The molecule has 4 atom stereocenters. The van der Waals surface area contributed by atoms with Gasteiger partial charge in [0.05, 0.1) is 13.2 Å². The molecule has 132 valence electrons. The van der Waals surface area contributed by atoms with Gasteiger partial charge in [-0.05, 0) is 24.7 Å². The molecule has 1 aliphatic carbocycles. The first-order valence-electron chi connectivity index (χ1n) is 8.70. The van der Waals surface area contributed by atoms with Crippen LogP contribution in [0.1, 0.15) is 45.0 Å². The summed E-state index contributed by atoms with van der Waals surface area (Å²) in [4.78, 5) is 0. The maximum absolute atomic E-state index is 12.2. The molecule has 5 nitrogen and oxygen atoms in total. The van der Waals surface area contributed by atoms with Gasteiger partial charge >= 0.3 is 8.25 Å². The zero-order valence-corrected chi connectivity index (χ0v) is 15.2. The van der Waals surface area contributed by atoms with Crippen LogP contribution in [0.2, 0.25) is 0 Å². The highest BCUT2D eigenvalue weighted by Gasteiger charge is 2.38. The van der Waals surface area contributed by atoms with Crippen LogP contribution in [0.4, 0.5) is 0 Å². The molecule has 24 heavy (non-hydrogen) atoms. The molecule has 2 aliphatic rings. The molecule has 1 aliphatic heterocycles. The summed E-state index contributed by atoms with van der Waals surface area (Å²) < 4.78 is 34.7. The van der Waals surface area contributed by atoms with Crippen molar-refractivity contribution in [3.63, 3.8) is 0 Å². The van der Waals surface area contributed by atoms with Gasteiger partial charge in [-0.2, -0.15) is 0 Å². The number of hydrogen-bond acceptors (Lipinski definition) is 5. The lowest BCUT2D eigenvalue weighted by Gasteiger charge is -2.29. The lowest BCUT2D eigenvalue weighted by atomic mass is 9.82. The molecule has 3 rings (SSSR count). The van der Waals surface area contributed by atoms with Crippen LogP contribution >= 0.6 is 8.25 Å². The van der Waals surface area contributed by atoms with Gasteiger partial charge in [-0.1, -0.05) is 50.6 Å². The van der Waals surface area contributed by atoms with Gasteiger partial charge in [-0.3, -0.25) is 0 Å². The molecule has 6 heteroatoms. The summed E-state index contributed by atoms with van der Waals surface area (Å²) in [6.45, 7) is 5.06. The normalized spacial score (nSPS) is 34.8. The smallest absolute Gasteiger partial charge is 0.345 e. The van der Waals surface area contributed by atoms with Crippen LogP contribution in [-0.2, 0) is 23.1 Å². The second kappa shape index (κ2) is 8.50. The summed E-state index contributed by atoms with van der Waals surface area (Å²) in [6.07, 6.45) is 2.54. The standard InChI is InChI=1S/C18H26O5P/c1-13-8-9-14(2)17(10-13)23-24(19)22-16-11-20-18(21-12-16)15-6-4-3-5-7-15/h3-7,13-14,16-18H,8-12H2,1-2H3/q+1. The van der Waals surface area contributed by atoms with Crippen molar-refractivity contribution in [1.29, 1.82) is 0 Å². The summed E-state index contributed by atoms with van der Waals surface area (Å²) in [7, 11) is -2.15. The monoisotopic (exact) mass is 353 g/mol. The van der Waals surface area contributed by atoms with Gasteiger partial charge in [0.1, 0.15) is 6.10 Å². The zero-order chi connectivity index (χ0) is 16.9.